The lowest BCUT2D eigenvalue weighted by molar-refractivity contribution is -0.141. The summed E-state index contributed by atoms with van der Waals surface area (Å²) in [5, 5.41) is 11.4. The van der Waals surface area contributed by atoms with Gasteiger partial charge in [-0.3, -0.25) is 4.79 Å². The molecule has 0 spiro atoms. The largest absolute Gasteiger partial charge is 0.481 e. The van der Waals surface area contributed by atoms with Gasteiger partial charge >= 0.3 is 12.1 Å². The Balaban J connectivity index is 2.51. The van der Waals surface area contributed by atoms with Crippen LogP contribution in [-0.4, -0.2) is 28.8 Å². The maximum Gasteiger partial charge on any atom is 0.408 e. The third-order valence-electron chi connectivity index (χ3n) is 2.17. The molecule has 0 heterocycles. The molecule has 5 nitrogen and oxygen atoms in total. The van der Waals surface area contributed by atoms with Gasteiger partial charge in [0.05, 0.1) is 12.0 Å². The van der Waals surface area contributed by atoms with Crippen molar-refractivity contribution in [2.45, 2.75) is 38.8 Å². The predicted molar refractivity (Wildman–Crippen MR) is 58.0 cm³/mol. The topological polar surface area (TPSA) is 75.6 Å². The minimum atomic E-state index is -0.911. The highest BCUT2D eigenvalue weighted by atomic mass is 16.6. The highest BCUT2D eigenvalue weighted by molar-refractivity contribution is 5.75. The molecule has 0 aromatic heterocycles. The summed E-state index contributed by atoms with van der Waals surface area (Å²) in [6.07, 6.45) is 3.29. The molecule has 0 saturated carbocycles. The lowest BCUT2D eigenvalue weighted by atomic mass is 10.0. The van der Waals surface area contributed by atoms with Crippen LogP contribution in [0.2, 0.25) is 0 Å². The molecule has 0 aromatic carbocycles. The number of aliphatic carboxylic acids is 1. The van der Waals surface area contributed by atoms with Crippen LogP contribution in [0.3, 0.4) is 0 Å². The van der Waals surface area contributed by atoms with E-state index in [2.05, 4.69) is 5.32 Å². The maximum atomic E-state index is 11.4. The summed E-state index contributed by atoms with van der Waals surface area (Å²) in [6.45, 7) is 5.27. The summed E-state index contributed by atoms with van der Waals surface area (Å²) < 4.78 is 5.05. The Hall–Kier alpha value is -1.52. The minimum absolute atomic E-state index is 0.440. The van der Waals surface area contributed by atoms with Crippen molar-refractivity contribution in [3.63, 3.8) is 0 Å². The van der Waals surface area contributed by atoms with Crippen molar-refractivity contribution in [1.29, 1.82) is 0 Å². The van der Waals surface area contributed by atoms with Crippen LogP contribution in [0.1, 0.15) is 27.2 Å². The van der Waals surface area contributed by atoms with Crippen molar-refractivity contribution in [2.75, 3.05) is 0 Å². The first-order chi connectivity index (χ1) is 7.29. The molecule has 5 heteroatoms. The lowest BCUT2D eigenvalue weighted by Gasteiger charge is -2.22. The van der Waals surface area contributed by atoms with E-state index in [0.29, 0.717) is 6.42 Å². The summed E-state index contributed by atoms with van der Waals surface area (Å²) >= 11 is 0. The second kappa shape index (κ2) is 4.55. The van der Waals surface area contributed by atoms with Gasteiger partial charge in [0.2, 0.25) is 0 Å². The Morgan fingerprint density at radius 3 is 2.56 bits per heavy atom. The molecule has 2 N–H and O–H groups in total. The van der Waals surface area contributed by atoms with Gasteiger partial charge in [0.1, 0.15) is 5.60 Å². The number of allylic oxidation sites excluding steroid dienone is 1. The molecule has 1 rings (SSSR count). The van der Waals surface area contributed by atoms with E-state index in [-0.39, 0.29) is 0 Å². The van der Waals surface area contributed by atoms with Gasteiger partial charge in [-0.15, -0.1) is 0 Å². The van der Waals surface area contributed by atoms with Crippen molar-refractivity contribution < 1.29 is 19.4 Å². The van der Waals surface area contributed by atoms with Crippen molar-refractivity contribution >= 4 is 12.1 Å². The molecule has 0 radical (unpaired) electrons. The summed E-state index contributed by atoms with van der Waals surface area (Å²) in [5.41, 5.74) is -0.578. The zero-order valence-electron chi connectivity index (χ0n) is 9.69. The third-order valence-corrected chi connectivity index (χ3v) is 2.17. The lowest BCUT2D eigenvalue weighted by Crippen LogP contribution is -2.42. The number of carbonyl (C=O) groups is 2. The van der Waals surface area contributed by atoms with E-state index in [1.54, 1.807) is 32.9 Å². The van der Waals surface area contributed by atoms with Gasteiger partial charge in [-0.25, -0.2) is 4.79 Å². The molecule has 2 atom stereocenters. The number of hydrogen-bond donors (Lipinski definition) is 2. The smallest absolute Gasteiger partial charge is 0.408 e. The van der Waals surface area contributed by atoms with Crippen LogP contribution in [0, 0.1) is 5.92 Å². The van der Waals surface area contributed by atoms with Gasteiger partial charge < -0.3 is 15.2 Å². The Kier molecular flexibility index (Phi) is 3.57. The molecule has 1 aliphatic rings. The molecule has 0 fully saturated rings. The number of carboxylic acids is 1. The fourth-order valence-electron chi connectivity index (χ4n) is 1.50. The molecule has 1 amide bonds. The molecule has 0 saturated heterocycles. The number of nitrogens with one attached hydrogen (secondary N) is 1. The second-order valence-electron chi connectivity index (χ2n) is 4.78. The Labute approximate surface area is 94.5 Å². The maximum absolute atomic E-state index is 11.4. The number of carboxylic acid groups (broad SMARTS) is 1. The average Bonchev–Trinajstić information content (AvgIpc) is 2.47. The number of ether oxygens (including phenoxy) is 1. The van der Waals surface area contributed by atoms with Crippen molar-refractivity contribution in [2.24, 2.45) is 5.92 Å². The summed E-state index contributed by atoms with van der Waals surface area (Å²) in [7, 11) is 0. The molecule has 0 aromatic rings. The van der Waals surface area contributed by atoms with Gasteiger partial charge in [-0.2, -0.15) is 0 Å². The van der Waals surface area contributed by atoms with Gasteiger partial charge in [0.15, 0.2) is 0 Å². The molecule has 0 unspecified atom stereocenters. The fourth-order valence-corrected chi connectivity index (χ4v) is 1.50. The molecule has 16 heavy (non-hydrogen) atoms. The van der Waals surface area contributed by atoms with E-state index in [1.807, 2.05) is 0 Å². The van der Waals surface area contributed by atoms with Crippen LogP contribution < -0.4 is 5.32 Å². The molecule has 1 aliphatic carbocycles. The van der Waals surface area contributed by atoms with Crippen LogP contribution in [0.4, 0.5) is 4.79 Å². The van der Waals surface area contributed by atoms with E-state index >= 15 is 0 Å². The minimum Gasteiger partial charge on any atom is -0.481 e. The number of hydrogen-bond acceptors (Lipinski definition) is 3. The summed E-state index contributed by atoms with van der Waals surface area (Å²) in [4.78, 5) is 22.3. The fraction of sp³-hybridized carbons (Fsp3) is 0.636. The highest BCUT2D eigenvalue weighted by Gasteiger charge is 2.31. The Morgan fingerprint density at radius 2 is 2.06 bits per heavy atom. The van der Waals surface area contributed by atoms with Gasteiger partial charge in [-0.05, 0) is 27.2 Å². The van der Waals surface area contributed by atoms with E-state index in [1.165, 1.54) is 0 Å². The predicted octanol–water partition coefficient (Wildman–Crippen LogP) is 1.54. The average molecular weight is 227 g/mol. The first-order valence-corrected chi connectivity index (χ1v) is 5.18. The summed E-state index contributed by atoms with van der Waals surface area (Å²) in [6, 6.07) is -0.479. The summed E-state index contributed by atoms with van der Waals surface area (Å²) in [5.74, 6) is -1.50. The molecular formula is C11H17NO4. The highest BCUT2D eigenvalue weighted by Crippen LogP contribution is 2.19. The number of rotatable bonds is 2. The normalized spacial score (nSPS) is 24.2. The molecule has 0 bridgehead atoms. The van der Waals surface area contributed by atoms with Crippen LogP contribution in [-0.2, 0) is 9.53 Å². The van der Waals surface area contributed by atoms with Crippen LogP contribution in [0.5, 0.6) is 0 Å². The molecule has 90 valence electrons. The zero-order valence-corrected chi connectivity index (χ0v) is 9.69. The van der Waals surface area contributed by atoms with Crippen molar-refractivity contribution in [3.8, 4) is 0 Å². The van der Waals surface area contributed by atoms with E-state index in [9.17, 15) is 9.59 Å². The Morgan fingerprint density at radius 1 is 1.44 bits per heavy atom. The van der Waals surface area contributed by atoms with Crippen molar-refractivity contribution in [1.82, 2.24) is 5.32 Å². The number of amides is 1. The SMILES string of the molecule is CC(C)(C)OC(=O)N[C@H]1C=CC[C@@H]1C(=O)O. The first-order valence-electron chi connectivity index (χ1n) is 5.18. The second-order valence-corrected chi connectivity index (χ2v) is 4.78. The van der Waals surface area contributed by atoms with Crippen molar-refractivity contribution in [3.05, 3.63) is 12.2 Å². The monoisotopic (exact) mass is 227 g/mol. The quantitative estimate of drug-likeness (QED) is 0.701. The van der Waals surface area contributed by atoms with Gasteiger partial charge in [0.25, 0.3) is 0 Å². The molecule has 0 aliphatic heterocycles. The number of carbonyl (C=O) groups excluding carboxylic acids is 1. The van der Waals surface area contributed by atoms with Gasteiger partial charge in [0, 0.05) is 0 Å². The third kappa shape index (κ3) is 3.56. The Bertz CT molecular complexity index is 316. The number of alkyl carbamates (subject to hydrolysis) is 1. The van der Waals surface area contributed by atoms with Crippen LogP contribution in [0.25, 0.3) is 0 Å². The van der Waals surface area contributed by atoms with Crippen LogP contribution in [0.15, 0.2) is 12.2 Å². The van der Waals surface area contributed by atoms with E-state index in [4.69, 9.17) is 9.84 Å². The van der Waals surface area contributed by atoms with Crippen LogP contribution >= 0.6 is 0 Å². The van der Waals surface area contributed by atoms with E-state index < -0.39 is 29.6 Å². The molecular weight excluding hydrogens is 210 g/mol. The van der Waals surface area contributed by atoms with Gasteiger partial charge in [-0.1, -0.05) is 12.2 Å². The van der Waals surface area contributed by atoms with E-state index in [0.717, 1.165) is 0 Å². The standard InChI is InChI=1S/C11H17NO4/c1-11(2,3)16-10(15)12-8-6-4-5-7(8)9(13)14/h4,6-8H,5H2,1-3H3,(H,12,15)(H,13,14)/t7-,8-/m0/s1. The zero-order chi connectivity index (χ0) is 12.3. The first kappa shape index (κ1) is 12.5.